The van der Waals surface area contributed by atoms with Gasteiger partial charge in [-0.1, -0.05) is 12.1 Å². The zero-order chi connectivity index (χ0) is 15.5. The number of hydrogen-bond acceptors (Lipinski definition) is 6. The number of benzene rings is 1. The van der Waals surface area contributed by atoms with Gasteiger partial charge in [0.1, 0.15) is 23.9 Å². The van der Waals surface area contributed by atoms with Crippen molar-refractivity contribution in [2.75, 3.05) is 12.4 Å². The van der Waals surface area contributed by atoms with E-state index >= 15 is 0 Å². The number of para-hydroxylation sites is 2. The number of oxazole rings is 1. The van der Waals surface area contributed by atoms with Gasteiger partial charge in [0.2, 0.25) is 5.89 Å². The topological polar surface area (TPSA) is 82.2 Å². The summed E-state index contributed by atoms with van der Waals surface area (Å²) in [5.74, 6) is 0.879. The molecule has 3 aromatic rings. The summed E-state index contributed by atoms with van der Waals surface area (Å²) in [5, 5.41) is 7.44. The summed E-state index contributed by atoms with van der Waals surface area (Å²) in [5.41, 5.74) is 1.57. The zero-order valence-electron chi connectivity index (χ0n) is 12.3. The highest BCUT2D eigenvalue weighted by Crippen LogP contribution is 2.22. The number of carbonyl (C=O) groups excluding carboxylic acids is 1. The maximum Gasteiger partial charge on any atom is 0.327 e. The first kappa shape index (κ1) is 14.1. The molecule has 7 heteroatoms. The molecule has 0 bridgehead atoms. The Bertz CT molecular complexity index is 760. The van der Waals surface area contributed by atoms with Gasteiger partial charge in [-0.25, -0.2) is 4.98 Å². The predicted octanol–water partition coefficient (Wildman–Crippen LogP) is 2.37. The van der Waals surface area contributed by atoms with Gasteiger partial charge >= 0.3 is 5.97 Å². The molecule has 0 amide bonds. The summed E-state index contributed by atoms with van der Waals surface area (Å²) >= 11 is 0. The molecule has 0 unspecified atom stereocenters. The second-order valence-electron chi connectivity index (χ2n) is 4.86. The molecule has 2 heterocycles. The Morgan fingerprint density at radius 3 is 3.00 bits per heavy atom. The lowest BCUT2D eigenvalue weighted by atomic mass is 10.3. The number of rotatable bonds is 5. The average molecular weight is 300 g/mol. The molecule has 0 aliphatic carbocycles. The van der Waals surface area contributed by atoms with Crippen LogP contribution in [0.15, 0.2) is 40.9 Å². The van der Waals surface area contributed by atoms with E-state index in [-0.39, 0.29) is 18.6 Å². The molecule has 0 spiro atoms. The van der Waals surface area contributed by atoms with E-state index in [9.17, 15) is 4.79 Å². The summed E-state index contributed by atoms with van der Waals surface area (Å²) in [6.07, 6.45) is 1.71. The van der Waals surface area contributed by atoms with Crippen molar-refractivity contribution in [2.24, 2.45) is 0 Å². The molecule has 22 heavy (non-hydrogen) atoms. The van der Waals surface area contributed by atoms with Crippen LogP contribution in [-0.2, 0) is 16.1 Å². The first-order valence-corrected chi connectivity index (χ1v) is 6.88. The molecule has 0 fully saturated rings. The predicted molar refractivity (Wildman–Crippen MR) is 80.3 cm³/mol. The van der Waals surface area contributed by atoms with Gasteiger partial charge < -0.3 is 14.5 Å². The second kappa shape index (κ2) is 5.88. The Labute approximate surface area is 126 Å². The van der Waals surface area contributed by atoms with E-state index in [4.69, 9.17) is 4.42 Å². The first-order chi connectivity index (χ1) is 10.7. The van der Waals surface area contributed by atoms with E-state index in [1.165, 1.54) is 11.8 Å². The number of esters is 1. The summed E-state index contributed by atoms with van der Waals surface area (Å²) in [6.45, 7) is 2.01. The highest BCUT2D eigenvalue weighted by molar-refractivity contribution is 5.72. The fourth-order valence-corrected chi connectivity index (χ4v) is 2.08. The summed E-state index contributed by atoms with van der Waals surface area (Å²) in [4.78, 5) is 15.6. The van der Waals surface area contributed by atoms with Crippen molar-refractivity contribution < 1.29 is 13.9 Å². The van der Waals surface area contributed by atoms with E-state index in [2.05, 4.69) is 20.1 Å². The van der Waals surface area contributed by atoms with Crippen LogP contribution >= 0.6 is 0 Å². The minimum absolute atomic E-state index is 0.0788. The number of fused-ring (bicyclic) bond motifs is 1. The van der Waals surface area contributed by atoms with Gasteiger partial charge in [0.25, 0.3) is 0 Å². The van der Waals surface area contributed by atoms with Crippen LogP contribution in [0.5, 0.6) is 0 Å². The van der Waals surface area contributed by atoms with Crippen LogP contribution in [-0.4, -0.2) is 27.8 Å². The van der Waals surface area contributed by atoms with Crippen LogP contribution in [0.3, 0.4) is 0 Å². The Kier molecular flexibility index (Phi) is 3.78. The molecular formula is C15H16N4O3. The summed E-state index contributed by atoms with van der Waals surface area (Å²) in [6, 6.07) is 9.24. The van der Waals surface area contributed by atoms with E-state index in [0.29, 0.717) is 11.7 Å². The number of nitrogens with one attached hydrogen (secondary N) is 1. The van der Waals surface area contributed by atoms with E-state index in [0.717, 1.165) is 11.1 Å². The Morgan fingerprint density at radius 2 is 2.23 bits per heavy atom. The van der Waals surface area contributed by atoms with Gasteiger partial charge in [-0.3, -0.25) is 9.48 Å². The van der Waals surface area contributed by atoms with Gasteiger partial charge in [0.05, 0.1) is 7.11 Å². The van der Waals surface area contributed by atoms with Gasteiger partial charge in [-0.2, -0.15) is 5.10 Å². The van der Waals surface area contributed by atoms with Crippen molar-refractivity contribution in [3.05, 3.63) is 42.4 Å². The Balaban J connectivity index is 1.71. The van der Waals surface area contributed by atoms with Crippen LogP contribution in [0.25, 0.3) is 11.1 Å². The number of nitrogens with zero attached hydrogens (tertiary/aromatic N) is 3. The molecule has 2 aromatic heterocycles. The molecule has 0 saturated heterocycles. The third kappa shape index (κ3) is 2.93. The fraction of sp³-hybridized carbons (Fsp3) is 0.267. The molecule has 7 nitrogen and oxygen atoms in total. The van der Waals surface area contributed by atoms with Crippen molar-refractivity contribution in [1.82, 2.24) is 14.8 Å². The Morgan fingerprint density at radius 1 is 1.41 bits per heavy atom. The molecule has 1 atom stereocenters. The smallest absolute Gasteiger partial charge is 0.327 e. The Hall–Kier alpha value is -2.83. The van der Waals surface area contributed by atoms with Crippen molar-refractivity contribution in [3.8, 4) is 0 Å². The lowest BCUT2D eigenvalue weighted by Crippen LogP contribution is -2.13. The van der Waals surface area contributed by atoms with Crippen LogP contribution in [0.2, 0.25) is 0 Å². The van der Waals surface area contributed by atoms with Crippen LogP contribution < -0.4 is 5.32 Å². The molecule has 3 rings (SSSR count). The molecule has 1 aromatic carbocycles. The van der Waals surface area contributed by atoms with E-state index in [1.54, 1.807) is 12.3 Å². The van der Waals surface area contributed by atoms with Gasteiger partial charge in [-0.15, -0.1) is 0 Å². The molecule has 0 aliphatic heterocycles. The lowest BCUT2D eigenvalue weighted by molar-refractivity contribution is -0.141. The van der Waals surface area contributed by atoms with E-state index in [1.807, 2.05) is 31.2 Å². The lowest BCUT2D eigenvalue weighted by Gasteiger charge is -2.08. The molecular weight excluding hydrogens is 284 g/mol. The molecule has 0 saturated carbocycles. The number of methoxy groups -OCH3 is 1. The number of hydrogen-bond donors (Lipinski definition) is 1. The minimum Gasteiger partial charge on any atom is -0.468 e. The standard InChI is InChI=1S/C15H16N4O3/c1-10(15-17-11-5-3-4-6-12(11)22-15)16-13-7-8-19(18-13)9-14(20)21-2/h3-8,10H,9H2,1-2H3,(H,16,18)/t10-/m1/s1. The van der Waals surface area contributed by atoms with Gasteiger partial charge in [-0.05, 0) is 19.1 Å². The first-order valence-electron chi connectivity index (χ1n) is 6.88. The number of carbonyl (C=O) groups is 1. The second-order valence-corrected chi connectivity index (χ2v) is 4.86. The van der Waals surface area contributed by atoms with Crippen molar-refractivity contribution >= 4 is 22.9 Å². The molecule has 0 aliphatic rings. The van der Waals surface area contributed by atoms with Gasteiger partial charge in [0, 0.05) is 12.3 Å². The zero-order valence-corrected chi connectivity index (χ0v) is 12.3. The molecule has 1 N–H and O–H groups in total. The average Bonchev–Trinajstić information content (AvgIpc) is 3.13. The van der Waals surface area contributed by atoms with Crippen molar-refractivity contribution in [2.45, 2.75) is 19.5 Å². The van der Waals surface area contributed by atoms with Crippen molar-refractivity contribution in [3.63, 3.8) is 0 Å². The fourth-order valence-electron chi connectivity index (χ4n) is 2.08. The summed E-state index contributed by atoms with van der Waals surface area (Å²) in [7, 11) is 1.35. The quantitative estimate of drug-likeness (QED) is 0.728. The monoisotopic (exact) mass is 300 g/mol. The third-order valence-electron chi connectivity index (χ3n) is 3.20. The summed E-state index contributed by atoms with van der Waals surface area (Å²) < 4.78 is 11.8. The SMILES string of the molecule is COC(=O)Cn1ccc(N[C@H](C)c2nc3ccccc3o2)n1. The van der Waals surface area contributed by atoms with Crippen molar-refractivity contribution in [1.29, 1.82) is 0 Å². The maximum absolute atomic E-state index is 11.2. The van der Waals surface area contributed by atoms with Crippen LogP contribution in [0.1, 0.15) is 18.9 Å². The third-order valence-corrected chi connectivity index (χ3v) is 3.20. The highest BCUT2D eigenvalue weighted by Gasteiger charge is 2.14. The normalized spacial score (nSPS) is 12.3. The van der Waals surface area contributed by atoms with E-state index < -0.39 is 0 Å². The number of ether oxygens (including phenoxy) is 1. The minimum atomic E-state index is -0.346. The number of aromatic nitrogens is 3. The van der Waals surface area contributed by atoms with Crippen LogP contribution in [0, 0.1) is 0 Å². The maximum atomic E-state index is 11.2. The highest BCUT2D eigenvalue weighted by atomic mass is 16.5. The van der Waals surface area contributed by atoms with Crippen LogP contribution in [0.4, 0.5) is 5.82 Å². The number of anilines is 1. The van der Waals surface area contributed by atoms with Gasteiger partial charge in [0.15, 0.2) is 5.58 Å². The largest absolute Gasteiger partial charge is 0.468 e. The molecule has 114 valence electrons. The molecule has 0 radical (unpaired) electrons.